The highest BCUT2D eigenvalue weighted by atomic mass is 16.4. The van der Waals surface area contributed by atoms with Crippen molar-refractivity contribution in [2.75, 3.05) is 7.05 Å². The Kier molecular flexibility index (Phi) is 12.7. The fourth-order valence-electron chi connectivity index (χ4n) is 9.78. The minimum Gasteiger partial charge on any atom is -0.481 e. The van der Waals surface area contributed by atoms with Crippen LogP contribution in [0.4, 0.5) is 0 Å². The maximum Gasteiger partial charge on any atom is 0.303 e. The number of carbonyl (C=O) groups is 4. The van der Waals surface area contributed by atoms with Crippen molar-refractivity contribution in [3.8, 4) is 11.8 Å². The van der Waals surface area contributed by atoms with Crippen molar-refractivity contribution in [2.45, 2.75) is 51.4 Å². The molecular weight excluding hydrogens is 965 g/mol. The molecule has 0 aliphatic carbocycles. The number of nitrogens with zero attached hydrogens (tertiary/aromatic N) is 6. The summed E-state index contributed by atoms with van der Waals surface area (Å²) in [6, 6.07) is 13.2. The van der Waals surface area contributed by atoms with Crippen molar-refractivity contribution >= 4 is 98.5 Å². The van der Waals surface area contributed by atoms with Gasteiger partial charge in [-0.05, 0) is 129 Å². The van der Waals surface area contributed by atoms with Crippen LogP contribution in [-0.2, 0) is 32.0 Å². The Morgan fingerprint density at radius 2 is 1.04 bits per heavy atom. The predicted octanol–water partition coefficient (Wildman–Crippen LogP) is 8.74. The third-order valence-electron chi connectivity index (χ3n) is 13.5. The lowest BCUT2D eigenvalue weighted by atomic mass is 10.0. The summed E-state index contributed by atoms with van der Waals surface area (Å²) in [6.45, 7) is 0. The molecule has 11 heterocycles. The van der Waals surface area contributed by atoms with Gasteiger partial charge in [0.1, 0.15) is 5.82 Å². The first-order valence-electron chi connectivity index (χ1n) is 24.4. The first-order valence-corrected chi connectivity index (χ1v) is 24.4. The van der Waals surface area contributed by atoms with Crippen LogP contribution >= 0.6 is 0 Å². The molecular formula is C58H46N10O8. The molecule has 0 unspecified atom stereocenters. The van der Waals surface area contributed by atoms with Gasteiger partial charge in [-0.3, -0.25) is 19.2 Å². The molecule has 0 atom stereocenters. The van der Waals surface area contributed by atoms with Crippen molar-refractivity contribution in [3.05, 3.63) is 176 Å². The summed E-state index contributed by atoms with van der Waals surface area (Å²) < 4.78 is 0. The lowest BCUT2D eigenvalue weighted by Gasteiger charge is -2.17. The zero-order valence-corrected chi connectivity index (χ0v) is 40.7. The van der Waals surface area contributed by atoms with E-state index >= 15 is 0 Å². The highest BCUT2D eigenvalue weighted by molar-refractivity contribution is 6.31. The van der Waals surface area contributed by atoms with E-state index in [0.29, 0.717) is 113 Å². The van der Waals surface area contributed by atoms with Crippen LogP contribution in [0, 0.1) is 11.8 Å². The van der Waals surface area contributed by atoms with E-state index < -0.39 is 23.9 Å². The zero-order valence-electron chi connectivity index (χ0n) is 40.7. The van der Waals surface area contributed by atoms with Crippen LogP contribution in [0.15, 0.2) is 140 Å². The largest absolute Gasteiger partial charge is 0.481 e. The normalized spacial score (nSPS) is 16.9. The van der Waals surface area contributed by atoms with E-state index in [1.54, 1.807) is 30.4 Å². The number of nitrogens with one attached hydrogen (secondary N) is 4. The van der Waals surface area contributed by atoms with Crippen molar-refractivity contribution < 1.29 is 39.6 Å². The van der Waals surface area contributed by atoms with Gasteiger partial charge < -0.3 is 45.6 Å². The van der Waals surface area contributed by atoms with Gasteiger partial charge in [0.2, 0.25) is 0 Å². The van der Waals surface area contributed by atoms with Crippen LogP contribution in [0.25, 0.3) is 57.5 Å². The molecule has 4 aromatic heterocycles. The smallest absolute Gasteiger partial charge is 0.303 e. The molecule has 16 bridgehead atoms. The third kappa shape index (κ3) is 9.75. The highest BCUT2D eigenvalue weighted by Gasteiger charge is 2.28. The first kappa shape index (κ1) is 48.1. The van der Waals surface area contributed by atoms with Crippen LogP contribution in [-0.4, -0.2) is 98.3 Å². The standard InChI is InChI=1S/C58H46N10O8/c1-68-29-28-59-58(68)57-51-22-20-49(66-51)37(8-26-55(73)74)47-18-14-43(64-47)34(44-15-19-48(65-44)38(9-27-56(75)76)50-21-23-52(57)67-50)5-4-33-41-12-16-45(62-41)35(6-24-53(69)70)39-10-2-31(60-39)30-32-3-11-40(61-32)36(7-25-54(71)72)46-17-13-42(33)63-46/h2-3,10-23,28-30,59-61,66H,6-9,24-27H2,1H3,(H,69,70)(H,71,72)(H,73,74)(H,75,76)/b31-30?,32-30?,39-35?,40-36?,41-33?,42-33?,44-34?,45-35?,46-36?,47-37?,50-38?,58-57+. The van der Waals surface area contributed by atoms with Crippen LogP contribution in [0.1, 0.15) is 89.4 Å². The number of hydrogen-bond acceptors (Lipinski definition) is 11. The second kappa shape index (κ2) is 20.0. The predicted molar refractivity (Wildman–Crippen MR) is 290 cm³/mol. The van der Waals surface area contributed by atoms with E-state index in [4.69, 9.17) is 24.9 Å². The average Bonchev–Trinajstić information content (AvgIpc) is 4.23. The number of rotatable bonds is 12. The number of allylic oxidation sites excluding steroid dienone is 10. The third-order valence-corrected chi connectivity index (χ3v) is 13.5. The molecule has 8 N–H and O–H groups in total. The van der Waals surface area contributed by atoms with E-state index in [2.05, 4.69) is 32.1 Å². The fraction of sp³-hybridized carbons (Fsp3) is 0.155. The average molecular weight is 1010 g/mol. The minimum absolute atomic E-state index is 0.110. The van der Waals surface area contributed by atoms with Gasteiger partial charge in [0.25, 0.3) is 0 Å². The van der Waals surface area contributed by atoms with E-state index in [1.807, 2.05) is 97.2 Å². The second-order valence-electron chi connectivity index (χ2n) is 18.4. The Balaban J connectivity index is 1.17. The van der Waals surface area contributed by atoms with Gasteiger partial charge in [-0.15, -0.1) is 0 Å². The minimum atomic E-state index is -0.990. The van der Waals surface area contributed by atoms with Crippen LogP contribution in [0.3, 0.4) is 0 Å². The Labute approximate surface area is 433 Å². The molecule has 0 fully saturated rings. The SMILES string of the molecule is CN1C=CN/C1=C1\C2=NC(=C(CCC(=O)O)C3=NC(=C(C#Cc4c5nc(c(CCC(=O)O)c6ccc(cc7ccc([nH]7)c(CCC(=O)O)c7nc4C=C7)[nH]6)C=C5)C4=NC(=C(CCC(=O)O)c5ccc1[nH]5)C=C4)C=C3)C=C2. The summed E-state index contributed by atoms with van der Waals surface area (Å²) in [5, 5.41) is 42.9. The molecule has 4 aromatic rings. The number of aromatic nitrogens is 5. The molecule has 7 aliphatic heterocycles. The van der Waals surface area contributed by atoms with Gasteiger partial charge in [-0.25, -0.2) is 24.9 Å². The van der Waals surface area contributed by atoms with Crippen molar-refractivity contribution in [1.82, 2.24) is 35.1 Å². The van der Waals surface area contributed by atoms with E-state index in [1.165, 1.54) is 0 Å². The lowest BCUT2D eigenvalue weighted by Crippen LogP contribution is -2.19. The fourth-order valence-corrected chi connectivity index (χ4v) is 9.78. The van der Waals surface area contributed by atoms with Gasteiger partial charge in [-0.1, -0.05) is 11.8 Å². The maximum absolute atomic E-state index is 12.2. The topological polar surface area (TPSA) is 275 Å². The Morgan fingerprint density at radius 3 is 1.64 bits per heavy atom. The molecule has 76 heavy (non-hydrogen) atoms. The van der Waals surface area contributed by atoms with E-state index in [9.17, 15) is 39.6 Å². The van der Waals surface area contributed by atoms with Crippen LogP contribution < -0.4 is 5.32 Å². The number of carboxylic acid groups (broad SMARTS) is 4. The molecule has 18 heteroatoms. The molecule has 0 saturated heterocycles. The van der Waals surface area contributed by atoms with Gasteiger partial charge in [0.15, 0.2) is 0 Å². The summed E-state index contributed by atoms with van der Waals surface area (Å²) in [7, 11) is 1.90. The molecule has 18 nitrogen and oxygen atoms in total. The van der Waals surface area contributed by atoms with E-state index in [0.717, 1.165) is 22.4 Å². The Bertz CT molecular complexity index is 3840. The van der Waals surface area contributed by atoms with Crippen molar-refractivity contribution in [1.29, 1.82) is 0 Å². The quantitative estimate of drug-likeness (QED) is 0.0535. The summed E-state index contributed by atoms with van der Waals surface area (Å²) in [5.74, 6) is 3.62. The zero-order chi connectivity index (χ0) is 52.6. The molecule has 11 rings (SSSR count). The van der Waals surface area contributed by atoms with Gasteiger partial charge >= 0.3 is 23.9 Å². The molecule has 0 saturated carbocycles. The number of H-pyrrole nitrogens is 3. The summed E-state index contributed by atoms with van der Waals surface area (Å²) in [6.07, 6.45) is 21.7. The lowest BCUT2D eigenvalue weighted by molar-refractivity contribution is -0.138. The van der Waals surface area contributed by atoms with E-state index in [-0.39, 0.29) is 51.4 Å². The summed E-state index contributed by atoms with van der Waals surface area (Å²) in [5.41, 5.74) is 13.1. The molecule has 0 amide bonds. The number of aliphatic imine (C=N–C) groups is 3. The molecule has 0 radical (unpaired) electrons. The monoisotopic (exact) mass is 1010 g/mol. The summed E-state index contributed by atoms with van der Waals surface area (Å²) in [4.78, 5) is 86.2. The second-order valence-corrected chi connectivity index (χ2v) is 18.4. The Hall–Kier alpha value is -10.2. The first-order chi connectivity index (χ1) is 36.8. The van der Waals surface area contributed by atoms with Gasteiger partial charge in [0.05, 0.1) is 79.4 Å². The van der Waals surface area contributed by atoms with Crippen LogP contribution in [0.2, 0.25) is 0 Å². The molecule has 0 aromatic carbocycles. The van der Waals surface area contributed by atoms with Gasteiger partial charge in [0, 0.05) is 95.2 Å². The maximum atomic E-state index is 12.2. The molecule has 7 aliphatic rings. The number of hydrogen-bond donors (Lipinski definition) is 8. The number of aromatic amines is 3. The van der Waals surface area contributed by atoms with Crippen molar-refractivity contribution in [3.63, 3.8) is 0 Å². The van der Waals surface area contributed by atoms with Gasteiger partial charge in [-0.2, -0.15) is 0 Å². The van der Waals surface area contributed by atoms with Crippen molar-refractivity contribution in [2.24, 2.45) is 15.0 Å². The number of aliphatic carboxylic acids is 4. The number of carboxylic acids is 4. The molecule has 376 valence electrons. The summed E-state index contributed by atoms with van der Waals surface area (Å²) >= 11 is 0. The Morgan fingerprint density at radius 1 is 0.526 bits per heavy atom. The molecule has 0 spiro atoms. The van der Waals surface area contributed by atoms with Crippen LogP contribution in [0.5, 0.6) is 0 Å². The number of aryl methyl sites for hydroxylation is 2. The highest BCUT2D eigenvalue weighted by Crippen LogP contribution is 2.36. The number of fused-ring (bicyclic) bond motifs is 13.